The van der Waals surface area contributed by atoms with Crippen molar-refractivity contribution >= 4 is 35.4 Å². The summed E-state index contributed by atoms with van der Waals surface area (Å²) in [6.45, 7) is 2.15. The average molecular weight is 208 g/mol. The number of hydrogen-bond donors (Lipinski definition) is 1. The molecule has 68 valence electrons. The van der Waals surface area contributed by atoms with E-state index in [0.29, 0.717) is 17.9 Å². The molecule has 5 heteroatoms. The van der Waals surface area contributed by atoms with Crippen molar-refractivity contribution in [1.29, 1.82) is 0 Å². The first kappa shape index (κ1) is 11.3. The summed E-state index contributed by atoms with van der Waals surface area (Å²) in [7, 11) is 0. The lowest BCUT2D eigenvalue weighted by molar-refractivity contribution is 0.0528. The van der Waals surface area contributed by atoms with Crippen molar-refractivity contribution in [2.24, 2.45) is 0 Å². The molecule has 0 fully saturated rings. The first-order valence-corrected chi connectivity index (χ1v) is 4.18. The van der Waals surface area contributed by atoms with E-state index in [1.165, 1.54) is 11.3 Å². The van der Waals surface area contributed by atoms with E-state index in [1.54, 1.807) is 17.7 Å². The van der Waals surface area contributed by atoms with Crippen LogP contribution in [0, 0.1) is 0 Å². The number of hydrogen-bond acceptors (Lipinski definition) is 4. The molecule has 1 aromatic rings. The second-order valence-corrected chi connectivity index (χ2v) is 2.70. The van der Waals surface area contributed by atoms with Crippen LogP contribution in [0.1, 0.15) is 17.3 Å². The molecular weight excluding hydrogens is 198 g/mol. The number of thiophene rings is 1. The van der Waals surface area contributed by atoms with Gasteiger partial charge in [0.1, 0.15) is 0 Å². The molecule has 0 bridgehead atoms. The van der Waals surface area contributed by atoms with Crippen molar-refractivity contribution in [3.8, 4) is 0 Å². The van der Waals surface area contributed by atoms with Gasteiger partial charge in [-0.25, -0.2) is 4.79 Å². The lowest BCUT2D eigenvalue weighted by Gasteiger charge is -1.98. The van der Waals surface area contributed by atoms with Crippen LogP contribution in [0.25, 0.3) is 0 Å². The smallest absolute Gasteiger partial charge is 0.341 e. The molecule has 0 spiro atoms. The van der Waals surface area contributed by atoms with E-state index in [1.807, 2.05) is 0 Å². The SMILES string of the molecule is CCOC(=O)c1cscc1N.Cl. The molecule has 1 aromatic heterocycles. The van der Waals surface area contributed by atoms with Crippen molar-refractivity contribution in [3.63, 3.8) is 0 Å². The molecule has 0 saturated carbocycles. The highest BCUT2D eigenvalue weighted by atomic mass is 35.5. The minimum absolute atomic E-state index is 0. The number of esters is 1. The van der Waals surface area contributed by atoms with Gasteiger partial charge in [0.15, 0.2) is 0 Å². The van der Waals surface area contributed by atoms with Crippen LogP contribution in [0.3, 0.4) is 0 Å². The highest BCUT2D eigenvalue weighted by Crippen LogP contribution is 2.17. The van der Waals surface area contributed by atoms with E-state index in [4.69, 9.17) is 10.5 Å². The van der Waals surface area contributed by atoms with Crippen LogP contribution in [0.5, 0.6) is 0 Å². The fourth-order valence-electron chi connectivity index (χ4n) is 0.682. The standard InChI is InChI=1S/C7H9NO2S.ClH/c1-2-10-7(9)5-3-11-4-6(5)8;/h3-4H,2,8H2,1H3;1H. The monoisotopic (exact) mass is 207 g/mol. The molecule has 1 heterocycles. The summed E-state index contributed by atoms with van der Waals surface area (Å²) in [6, 6.07) is 0. The fourth-order valence-corrected chi connectivity index (χ4v) is 1.39. The van der Waals surface area contributed by atoms with Gasteiger partial charge in [-0.1, -0.05) is 0 Å². The number of ether oxygens (including phenoxy) is 1. The minimum atomic E-state index is -0.341. The molecule has 1 rings (SSSR count). The Bertz CT molecular complexity index is 262. The van der Waals surface area contributed by atoms with Gasteiger partial charge in [-0.2, -0.15) is 0 Å². The van der Waals surface area contributed by atoms with Gasteiger partial charge in [0, 0.05) is 10.8 Å². The maximum atomic E-state index is 11.0. The maximum Gasteiger partial charge on any atom is 0.341 e. The Hall–Kier alpha value is -0.740. The summed E-state index contributed by atoms with van der Waals surface area (Å²) in [6.07, 6.45) is 0. The van der Waals surface area contributed by atoms with Gasteiger partial charge in [-0.3, -0.25) is 0 Å². The summed E-state index contributed by atoms with van der Waals surface area (Å²) < 4.78 is 4.75. The second kappa shape index (κ2) is 5.00. The normalized spacial score (nSPS) is 8.75. The van der Waals surface area contributed by atoms with Crippen molar-refractivity contribution in [3.05, 3.63) is 16.3 Å². The summed E-state index contributed by atoms with van der Waals surface area (Å²) >= 11 is 1.39. The number of carbonyl (C=O) groups is 1. The van der Waals surface area contributed by atoms with Gasteiger partial charge in [-0.05, 0) is 6.92 Å². The van der Waals surface area contributed by atoms with Crippen molar-refractivity contribution in [2.45, 2.75) is 6.92 Å². The highest BCUT2D eigenvalue weighted by molar-refractivity contribution is 7.08. The Morgan fingerprint density at radius 1 is 1.67 bits per heavy atom. The topological polar surface area (TPSA) is 52.3 Å². The summed E-state index contributed by atoms with van der Waals surface area (Å²) in [4.78, 5) is 11.0. The summed E-state index contributed by atoms with van der Waals surface area (Å²) in [5, 5.41) is 3.40. The number of rotatable bonds is 2. The quantitative estimate of drug-likeness (QED) is 0.754. The molecule has 0 unspecified atom stereocenters. The molecule has 3 nitrogen and oxygen atoms in total. The number of anilines is 1. The van der Waals surface area contributed by atoms with Crippen molar-refractivity contribution < 1.29 is 9.53 Å². The molecule has 0 radical (unpaired) electrons. The molecule has 12 heavy (non-hydrogen) atoms. The number of halogens is 1. The minimum Gasteiger partial charge on any atom is -0.462 e. The van der Waals surface area contributed by atoms with Gasteiger partial charge in [-0.15, -0.1) is 23.7 Å². The van der Waals surface area contributed by atoms with E-state index in [-0.39, 0.29) is 18.4 Å². The van der Waals surface area contributed by atoms with Crippen LogP contribution in [-0.4, -0.2) is 12.6 Å². The molecule has 0 aromatic carbocycles. The molecule has 2 N–H and O–H groups in total. The van der Waals surface area contributed by atoms with Crippen LogP contribution in [0.15, 0.2) is 10.8 Å². The maximum absolute atomic E-state index is 11.0. The third kappa shape index (κ3) is 2.39. The first-order valence-electron chi connectivity index (χ1n) is 3.24. The Kier molecular flexibility index (Phi) is 4.70. The summed E-state index contributed by atoms with van der Waals surface area (Å²) in [5.41, 5.74) is 6.44. The Balaban J connectivity index is 0.00000121. The van der Waals surface area contributed by atoms with E-state index < -0.39 is 0 Å². The predicted octanol–water partition coefficient (Wildman–Crippen LogP) is 1.93. The molecular formula is C7H10ClNO2S. The number of nitrogens with two attached hydrogens (primary N) is 1. The average Bonchev–Trinajstić information content (AvgIpc) is 2.36. The molecule has 0 aliphatic carbocycles. The van der Waals surface area contributed by atoms with Gasteiger partial charge in [0.25, 0.3) is 0 Å². The third-order valence-corrected chi connectivity index (χ3v) is 1.95. The molecule has 0 aliphatic heterocycles. The second-order valence-electron chi connectivity index (χ2n) is 1.96. The van der Waals surface area contributed by atoms with E-state index in [9.17, 15) is 4.79 Å². The number of carbonyl (C=O) groups excluding carboxylic acids is 1. The van der Waals surface area contributed by atoms with Crippen molar-refractivity contribution in [1.82, 2.24) is 0 Å². The van der Waals surface area contributed by atoms with E-state index in [0.717, 1.165) is 0 Å². The van der Waals surface area contributed by atoms with Gasteiger partial charge >= 0.3 is 5.97 Å². The molecule has 0 amide bonds. The van der Waals surface area contributed by atoms with Crippen LogP contribution in [0.4, 0.5) is 5.69 Å². The fraction of sp³-hybridized carbons (Fsp3) is 0.286. The molecule has 0 aliphatic rings. The Labute approximate surface area is 80.9 Å². The number of nitrogen functional groups attached to an aromatic ring is 1. The Morgan fingerprint density at radius 2 is 2.33 bits per heavy atom. The van der Waals surface area contributed by atoms with Crippen LogP contribution < -0.4 is 5.73 Å². The zero-order chi connectivity index (χ0) is 8.27. The van der Waals surface area contributed by atoms with Gasteiger partial charge in [0.05, 0.1) is 17.9 Å². The summed E-state index contributed by atoms with van der Waals surface area (Å²) in [5.74, 6) is -0.341. The Morgan fingerprint density at radius 3 is 2.75 bits per heavy atom. The molecule has 0 saturated heterocycles. The zero-order valence-corrected chi connectivity index (χ0v) is 8.21. The van der Waals surface area contributed by atoms with Gasteiger partial charge < -0.3 is 10.5 Å². The zero-order valence-electron chi connectivity index (χ0n) is 6.57. The van der Waals surface area contributed by atoms with E-state index in [2.05, 4.69) is 0 Å². The lowest BCUT2D eigenvalue weighted by atomic mass is 10.3. The third-order valence-electron chi connectivity index (χ3n) is 1.19. The van der Waals surface area contributed by atoms with Gasteiger partial charge in [0.2, 0.25) is 0 Å². The lowest BCUT2D eigenvalue weighted by Crippen LogP contribution is -2.05. The predicted molar refractivity (Wildman–Crippen MR) is 51.9 cm³/mol. The highest BCUT2D eigenvalue weighted by Gasteiger charge is 2.10. The van der Waals surface area contributed by atoms with Crippen molar-refractivity contribution in [2.75, 3.05) is 12.3 Å². The largest absolute Gasteiger partial charge is 0.462 e. The first-order chi connectivity index (χ1) is 5.25. The molecule has 0 atom stereocenters. The van der Waals surface area contributed by atoms with Crippen LogP contribution >= 0.6 is 23.7 Å². The van der Waals surface area contributed by atoms with Crippen LogP contribution in [0.2, 0.25) is 0 Å². The van der Waals surface area contributed by atoms with E-state index >= 15 is 0 Å². The van der Waals surface area contributed by atoms with Crippen LogP contribution in [-0.2, 0) is 4.74 Å².